The molecular formula is C17H21N3O2. The van der Waals surface area contributed by atoms with Crippen molar-refractivity contribution >= 4 is 16.7 Å². The topological polar surface area (TPSA) is 55.2 Å². The molecule has 2 atom stereocenters. The SMILES string of the molecule is CC1CC(C)CN(C(=O)c2nn(C)c(=O)c3ccccc23)C1. The highest BCUT2D eigenvalue weighted by molar-refractivity contribution is 6.04. The lowest BCUT2D eigenvalue weighted by molar-refractivity contribution is 0.0617. The summed E-state index contributed by atoms with van der Waals surface area (Å²) in [5.74, 6) is 0.906. The predicted octanol–water partition coefficient (Wildman–Crippen LogP) is 2.05. The molecule has 2 aromatic rings. The van der Waals surface area contributed by atoms with Crippen LogP contribution in [0.5, 0.6) is 0 Å². The number of benzene rings is 1. The predicted molar refractivity (Wildman–Crippen MR) is 85.8 cm³/mol. The third kappa shape index (κ3) is 2.51. The molecule has 2 heterocycles. The minimum absolute atomic E-state index is 0.0785. The zero-order valence-electron chi connectivity index (χ0n) is 13.2. The smallest absolute Gasteiger partial charge is 0.274 e. The normalized spacial score (nSPS) is 22.0. The van der Waals surface area contributed by atoms with Crippen molar-refractivity contribution in [3.05, 3.63) is 40.3 Å². The van der Waals surface area contributed by atoms with Gasteiger partial charge in [0.1, 0.15) is 0 Å². The number of nitrogens with zero attached hydrogens (tertiary/aromatic N) is 3. The van der Waals surface area contributed by atoms with Gasteiger partial charge in [-0.25, -0.2) is 4.68 Å². The fourth-order valence-corrected chi connectivity index (χ4v) is 3.44. The van der Waals surface area contributed by atoms with Gasteiger partial charge in [0, 0.05) is 25.5 Å². The van der Waals surface area contributed by atoms with E-state index in [0.717, 1.165) is 19.5 Å². The summed E-state index contributed by atoms with van der Waals surface area (Å²) in [4.78, 5) is 26.9. The molecule has 5 heteroatoms. The van der Waals surface area contributed by atoms with Gasteiger partial charge in [-0.1, -0.05) is 32.0 Å². The van der Waals surface area contributed by atoms with Crippen molar-refractivity contribution in [2.75, 3.05) is 13.1 Å². The van der Waals surface area contributed by atoms with E-state index in [1.807, 2.05) is 17.0 Å². The van der Waals surface area contributed by atoms with Crippen LogP contribution < -0.4 is 5.56 Å². The fraction of sp³-hybridized carbons (Fsp3) is 0.471. The number of hydrogen-bond donors (Lipinski definition) is 0. The summed E-state index contributed by atoms with van der Waals surface area (Å²) in [5, 5.41) is 5.42. The van der Waals surface area contributed by atoms with Gasteiger partial charge >= 0.3 is 0 Å². The van der Waals surface area contributed by atoms with Gasteiger partial charge in [0.25, 0.3) is 11.5 Å². The maximum Gasteiger partial charge on any atom is 0.274 e. The van der Waals surface area contributed by atoms with E-state index in [1.54, 1.807) is 19.2 Å². The van der Waals surface area contributed by atoms with Gasteiger partial charge < -0.3 is 4.90 Å². The Labute approximate surface area is 129 Å². The van der Waals surface area contributed by atoms with Crippen LogP contribution in [-0.2, 0) is 7.05 Å². The number of carbonyl (C=O) groups excluding carboxylic acids is 1. The molecule has 0 spiro atoms. The second-order valence-electron chi connectivity index (χ2n) is 6.48. The van der Waals surface area contributed by atoms with Gasteiger partial charge in [-0.15, -0.1) is 0 Å². The Kier molecular flexibility index (Phi) is 3.72. The Morgan fingerprint density at radius 3 is 2.36 bits per heavy atom. The average molecular weight is 299 g/mol. The van der Waals surface area contributed by atoms with Crippen molar-refractivity contribution in [1.29, 1.82) is 0 Å². The van der Waals surface area contributed by atoms with Crippen LogP contribution in [0, 0.1) is 11.8 Å². The van der Waals surface area contributed by atoms with Crippen molar-refractivity contribution in [3.8, 4) is 0 Å². The Bertz CT molecular complexity index is 771. The van der Waals surface area contributed by atoms with E-state index in [-0.39, 0.29) is 11.5 Å². The number of hydrogen-bond acceptors (Lipinski definition) is 3. The van der Waals surface area contributed by atoms with Crippen molar-refractivity contribution in [3.63, 3.8) is 0 Å². The molecule has 1 saturated heterocycles. The zero-order valence-corrected chi connectivity index (χ0v) is 13.2. The van der Waals surface area contributed by atoms with Crippen LogP contribution >= 0.6 is 0 Å². The van der Waals surface area contributed by atoms with E-state index in [2.05, 4.69) is 18.9 Å². The van der Waals surface area contributed by atoms with E-state index in [0.29, 0.717) is 28.3 Å². The van der Waals surface area contributed by atoms with Crippen molar-refractivity contribution in [1.82, 2.24) is 14.7 Å². The van der Waals surface area contributed by atoms with Gasteiger partial charge in [0.05, 0.1) is 5.39 Å². The highest BCUT2D eigenvalue weighted by atomic mass is 16.2. The van der Waals surface area contributed by atoms with Crippen LogP contribution in [-0.4, -0.2) is 33.7 Å². The van der Waals surface area contributed by atoms with Gasteiger partial charge in [-0.3, -0.25) is 9.59 Å². The number of likely N-dealkylation sites (tertiary alicyclic amines) is 1. The van der Waals surface area contributed by atoms with Gasteiger partial charge in [-0.05, 0) is 24.3 Å². The first-order chi connectivity index (χ1) is 10.5. The maximum absolute atomic E-state index is 12.9. The standard InChI is InChI=1S/C17H21N3O2/c1-11-8-12(2)10-20(9-11)17(22)15-13-6-4-5-7-14(13)16(21)19(3)18-15/h4-7,11-12H,8-10H2,1-3H3. The number of fused-ring (bicyclic) bond motifs is 1. The van der Waals surface area contributed by atoms with E-state index in [1.165, 1.54) is 4.68 Å². The number of rotatable bonds is 1. The van der Waals surface area contributed by atoms with Crippen LogP contribution in [0.4, 0.5) is 0 Å². The molecule has 1 aliphatic rings. The van der Waals surface area contributed by atoms with Crippen molar-refractivity contribution in [2.24, 2.45) is 18.9 Å². The minimum atomic E-state index is -0.174. The minimum Gasteiger partial charge on any atom is -0.337 e. The highest BCUT2D eigenvalue weighted by Gasteiger charge is 2.28. The lowest BCUT2D eigenvalue weighted by Crippen LogP contribution is -2.43. The highest BCUT2D eigenvalue weighted by Crippen LogP contribution is 2.23. The third-order valence-electron chi connectivity index (χ3n) is 4.32. The number of aromatic nitrogens is 2. The molecule has 22 heavy (non-hydrogen) atoms. The second-order valence-corrected chi connectivity index (χ2v) is 6.48. The molecule has 1 aliphatic heterocycles. The monoisotopic (exact) mass is 299 g/mol. The van der Waals surface area contributed by atoms with Crippen molar-refractivity contribution < 1.29 is 4.79 Å². The number of aryl methyl sites for hydroxylation is 1. The molecule has 0 N–H and O–H groups in total. The molecule has 5 nitrogen and oxygen atoms in total. The lowest BCUT2D eigenvalue weighted by atomic mass is 9.91. The summed E-state index contributed by atoms with van der Waals surface area (Å²) in [6.45, 7) is 5.84. The maximum atomic E-state index is 12.9. The van der Waals surface area contributed by atoms with Gasteiger partial charge in [-0.2, -0.15) is 5.10 Å². The largest absolute Gasteiger partial charge is 0.337 e. The molecule has 0 saturated carbocycles. The Morgan fingerprint density at radius 2 is 1.73 bits per heavy atom. The summed E-state index contributed by atoms with van der Waals surface area (Å²) < 4.78 is 1.26. The first-order valence-electron chi connectivity index (χ1n) is 7.72. The van der Waals surface area contributed by atoms with E-state index in [9.17, 15) is 9.59 Å². The molecule has 1 aromatic heterocycles. The molecule has 1 fully saturated rings. The van der Waals surface area contributed by atoms with E-state index >= 15 is 0 Å². The van der Waals surface area contributed by atoms with E-state index in [4.69, 9.17) is 0 Å². The quantitative estimate of drug-likeness (QED) is 0.810. The summed E-state index contributed by atoms with van der Waals surface area (Å²) >= 11 is 0. The van der Waals surface area contributed by atoms with E-state index < -0.39 is 0 Å². The van der Waals surface area contributed by atoms with Crippen LogP contribution in [0.1, 0.15) is 30.8 Å². The third-order valence-corrected chi connectivity index (χ3v) is 4.32. The van der Waals surface area contributed by atoms with Crippen LogP contribution in [0.25, 0.3) is 10.8 Å². The number of piperidine rings is 1. The lowest BCUT2D eigenvalue weighted by Gasteiger charge is -2.34. The summed E-state index contributed by atoms with van der Waals surface area (Å²) in [6.07, 6.45) is 1.14. The molecule has 116 valence electrons. The summed E-state index contributed by atoms with van der Waals surface area (Å²) in [6, 6.07) is 7.19. The number of amides is 1. The van der Waals surface area contributed by atoms with Gasteiger partial charge in [0.15, 0.2) is 5.69 Å². The first-order valence-corrected chi connectivity index (χ1v) is 7.72. The molecule has 1 amide bonds. The van der Waals surface area contributed by atoms with Crippen LogP contribution in [0.2, 0.25) is 0 Å². The van der Waals surface area contributed by atoms with Crippen molar-refractivity contribution in [2.45, 2.75) is 20.3 Å². The molecular weight excluding hydrogens is 278 g/mol. The molecule has 1 aromatic carbocycles. The molecule has 3 rings (SSSR count). The molecule has 0 bridgehead atoms. The average Bonchev–Trinajstić information content (AvgIpc) is 2.49. The molecule has 0 radical (unpaired) electrons. The molecule has 0 aliphatic carbocycles. The van der Waals surface area contributed by atoms with Crippen LogP contribution in [0.3, 0.4) is 0 Å². The Morgan fingerprint density at radius 1 is 1.14 bits per heavy atom. The zero-order chi connectivity index (χ0) is 15.9. The number of carbonyl (C=O) groups is 1. The Balaban J connectivity index is 2.08. The first kappa shape index (κ1) is 14.8. The fourth-order valence-electron chi connectivity index (χ4n) is 3.44. The summed E-state index contributed by atoms with van der Waals surface area (Å²) in [5.41, 5.74) is 0.200. The van der Waals surface area contributed by atoms with Gasteiger partial charge in [0.2, 0.25) is 0 Å². The van der Waals surface area contributed by atoms with Crippen LogP contribution in [0.15, 0.2) is 29.1 Å². The summed E-state index contributed by atoms with van der Waals surface area (Å²) in [7, 11) is 1.59. The second kappa shape index (κ2) is 5.55. The Hall–Kier alpha value is -2.17. The molecule has 2 unspecified atom stereocenters.